The Kier molecular flexibility index (Phi) is 7.36. The fourth-order valence-corrected chi connectivity index (χ4v) is 4.74. The third-order valence-electron chi connectivity index (χ3n) is 6.54. The Bertz CT molecular complexity index is 1510. The smallest absolute Gasteiger partial charge is 0.327 e. The van der Waals surface area contributed by atoms with E-state index in [0.717, 1.165) is 22.0 Å². The minimum Gasteiger partial charge on any atom is -0.465 e. The zero-order valence-corrected chi connectivity index (χ0v) is 21.6. The number of aromatic amines is 1. The number of fused-ring (bicyclic) bond motifs is 2. The summed E-state index contributed by atoms with van der Waals surface area (Å²) in [5.41, 5.74) is 3.31. The summed E-state index contributed by atoms with van der Waals surface area (Å²) in [6.45, 7) is 6.94. The third kappa shape index (κ3) is 5.37. The molecule has 0 radical (unpaired) electrons. The highest BCUT2D eigenvalue weighted by atomic mass is 16.7. The molecule has 1 atom stereocenters. The maximum absolute atomic E-state index is 13.1. The van der Waals surface area contributed by atoms with Gasteiger partial charge in [0.25, 0.3) is 5.56 Å². The van der Waals surface area contributed by atoms with E-state index in [-0.39, 0.29) is 31.5 Å². The van der Waals surface area contributed by atoms with E-state index in [1.165, 1.54) is 4.68 Å². The first-order chi connectivity index (χ1) is 18.4. The van der Waals surface area contributed by atoms with Gasteiger partial charge in [-0.25, -0.2) is 4.68 Å². The average Bonchev–Trinajstić information content (AvgIpc) is 3.54. The van der Waals surface area contributed by atoms with Crippen LogP contribution in [0.2, 0.25) is 0 Å². The molecule has 0 saturated heterocycles. The zero-order valence-electron chi connectivity index (χ0n) is 21.6. The van der Waals surface area contributed by atoms with Crippen LogP contribution in [0.5, 0.6) is 11.5 Å². The normalized spacial score (nSPS) is 13.3. The quantitative estimate of drug-likeness (QED) is 0.315. The van der Waals surface area contributed by atoms with Crippen molar-refractivity contribution in [1.29, 1.82) is 0 Å². The molecule has 1 aliphatic heterocycles. The molecular weight excluding hydrogens is 488 g/mol. The molecule has 11 nitrogen and oxygen atoms in total. The lowest BCUT2D eigenvalue weighted by molar-refractivity contribution is -0.144. The van der Waals surface area contributed by atoms with Crippen molar-refractivity contribution < 1.29 is 19.0 Å². The second-order valence-corrected chi connectivity index (χ2v) is 9.23. The standard InChI is InChI=1S/C27H30N6O5/c1-4-22(26-29-30-31-33(26)15-25(34)36-5-2)32(13-18-7-9-23-24(11-18)38-16-37-23)14-20-12-19-8-6-17(3)10-21(19)28-27(20)35/h6-12,22H,4-5,13-16H2,1-3H3,(H,28,35)/t22-/m1/s1. The van der Waals surface area contributed by atoms with Crippen molar-refractivity contribution in [2.24, 2.45) is 0 Å². The molecule has 0 spiro atoms. The van der Waals surface area contributed by atoms with Gasteiger partial charge in [0.15, 0.2) is 17.3 Å². The number of pyridine rings is 1. The number of tetrazole rings is 1. The highest BCUT2D eigenvalue weighted by molar-refractivity contribution is 5.79. The van der Waals surface area contributed by atoms with E-state index in [4.69, 9.17) is 14.2 Å². The Morgan fingerprint density at radius 2 is 1.97 bits per heavy atom. The van der Waals surface area contributed by atoms with Crippen LogP contribution in [-0.4, -0.2) is 49.5 Å². The van der Waals surface area contributed by atoms with Gasteiger partial charge >= 0.3 is 5.97 Å². The zero-order chi connectivity index (χ0) is 26.6. The molecule has 0 bridgehead atoms. The second kappa shape index (κ2) is 11.0. The van der Waals surface area contributed by atoms with Gasteiger partial charge in [-0.1, -0.05) is 25.1 Å². The Morgan fingerprint density at radius 1 is 1.13 bits per heavy atom. The summed E-state index contributed by atoms with van der Waals surface area (Å²) in [6, 6.07) is 13.4. The van der Waals surface area contributed by atoms with Crippen molar-refractivity contribution >= 4 is 16.9 Å². The summed E-state index contributed by atoms with van der Waals surface area (Å²) in [5.74, 6) is 1.49. The number of benzene rings is 2. The summed E-state index contributed by atoms with van der Waals surface area (Å²) in [5, 5.41) is 13.1. The molecule has 4 aromatic rings. The number of carbonyl (C=O) groups excluding carboxylic acids is 1. The number of nitrogens with one attached hydrogen (secondary N) is 1. The molecule has 0 amide bonds. The van der Waals surface area contributed by atoms with Crippen LogP contribution < -0.4 is 15.0 Å². The van der Waals surface area contributed by atoms with Crippen molar-refractivity contribution in [3.05, 3.63) is 75.3 Å². The first-order valence-corrected chi connectivity index (χ1v) is 12.6. The van der Waals surface area contributed by atoms with Gasteiger partial charge in [-0.2, -0.15) is 0 Å². The van der Waals surface area contributed by atoms with E-state index >= 15 is 0 Å². The van der Waals surface area contributed by atoms with Crippen molar-refractivity contribution in [2.45, 2.75) is 52.9 Å². The van der Waals surface area contributed by atoms with Crippen molar-refractivity contribution in [3.63, 3.8) is 0 Å². The van der Waals surface area contributed by atoms with Gasteiger partial charge in [0, 0.05) is 24.2 Å². The van der Waals surface area contributed by atoms with Gasteiger partial charge in [-0.15, -0.1) is 5.10 Å². The molecule has 2 aromatic carbocycles. The minimum absolute atomic E-state index is 0.0968. The van der Waals surface area contributed by atoms with Crippen LogP contribution in [0.4, 0.5) is 0 Å². The van der Waals surface area contributed by atoms with E-state index in [0.29, 0.717) is 42.4 Å². The lowest BCUT2D eigenvalue weighted by Crippen LogP contribution is -2.33. The molecule has 3 heterocycles. The molecule has 5 rings (SSSR count). The molecular formula is C27H30N6O5. The lowest BCUT2D eigenvalue weighted by atomic mass is 10.1. The summed E-state index contributed by atoms with van der Waals surface area (Å²) in [7, 11) is 0. The number of H-pyrrole nitrogens is 1. The number of ether oxygens (including phenoxy) is 3. The maximum Gasteiger partial charge on any atom is 0.327 e. The number of nitrogens with zero attached hydrogens (tertiary/aromatic N) is 5. The molecule has 11 heteroatoms. The molecule has 2 aromatic heterocycles. The van der Waals surface area contributed by atoms with Gasteiger partial charge in [0.2, 0.25) is 6.79 Å². The number of hydrogen-bond donors (Lipinski definition) is 1. The molecule has 1 N–H and O–H groups in total. The fourth-order valence-electron chi connectivity index (χ4n) is 4.74. The monoisotopic (exact) mass is 518 g/mol. The van der Waals surface area contributed by atoms with E-state index in [2.05, 4.69) is 25.4 Å². The highest BCUT2D eigenvalue weighted by Crippen LogP contribution is 2.34. The van der Waals surface area contributed by atoms with Crippen LogP contribution >= 0.6 is 0 Å². The minimum atomic E-state index is -0.417. The second-order valence-electron chi connectivity index (χ2n) is 9.23. The van der Waals surface area contributed by atoms with Crippen LogP contribution in [0.25, 0.3) is 10.9 Å². The first-order valence-electron chi connectivity index (χ1n) is 12.6. The molecule has 198 valence electrons. The largest absolute Gasteiger partial charge is 0.465 e. The van der Waals surface area contributed by atoms with Gasteiger partial charge in [0.1, 0.15) is 6.54 Å². The summed E-state index contributed by atoms with van der Waals surface area (Å²) in [6.07, 6.45) is 0.637. The average molecular weight is 519 g/mol. The van der Waals surface area contributed by atoms with Crippen molar-refractivity contribution in [1.82, 2.24) is 30.1 Å². The maximum atomic E-state index is 13.1. The van der Waals surface area contributed by atoms with E-state index in [1.807, 2.05) is 56.3 Å². The Balaban J connectivity index is 1.51. The lowest BCUT2D eigenvalue weighted by Gasteiger charge is -2.30. The molecule has 0 fully saturated rings. The van der Waals surface area contributed by atoms with Crippen molar-refractivity contribution in [2.75, 3.05) is 13.4 Å². The first kappa shape index (κ1) is 25.4. The molecule has 0 aliphatic carbocycles. The number of carbonyl (C=O) groups is 1. The molecule has 1 aliphatic rings. The predicted molar refractivity (Wildman–Crippen MR) is 139 cm³/mol. The number of rotatable bonds is 10. The van der Waals surface area contributed by atoms with E-state index < -0.39 is 5.97 Å². The molecule has 0 unspecified atom stereocenters. The van der Waals surface area contributed by atoms with Crippen LogP contribution in [0, 0.1) is 6.92 Å². The van der Waals surface area contributed by atoms with Gasteiger partial charge in [-0.3, -0.25) is 14.5 Å². The third-order valence-corrected chi connectivity index (χ3v) is 6.54. The Hall–Kier alpha value is -4.25. The number of esters is 1. The number of hydrogen-bond acceptors (Lipinski definition) is 9. The molecule has 0 saturated carbocycles. The topological polar surface area (TPSA) is 124 Å². The summed E-state index contributed by atoms with van der Waals surface area (Å²) < 4.78 is 17.6. The Labute approximate surface area is 219 Å². The van der Waals surface area contributed by atoms with Crippen LogP contribution in [-0.2, 0) is 29.2 Å². The summed E-state index contributed by atoms with van der Waals surface area (Å²) in [4.78, 5) is 30.5. The number of aryl methyl sites for hydroxylation is 1. The van der Waals surface area contributed by atoms with E-state index in [1.54, 1.807) is 6.92 Å². The van der Waals surface area contributed by atoms with Crippen LogP contribution in [0.3, 0.4) is 0 Å². The van der Waals surface area contributed by atoms with E-state index in [9.17, 15) is 9.59 Å². The Morgan fingerprint density at radius 3 is 2.79 bits per heavy atom. The number of aromatic nitrogens is 5. The molecule has 38 heavy (non-hydrogen) atoms. The van der Waals surface area contributed by atoms with Crippen LogP contribution in [0.1, 0.15) is 48.8 Å². The van der Waals surface area contributed by atoms with Gasteiger partial charge in [0.05, 0.1) is 12.6 Å². The highest BCUT2D eigenvalue weighted by Gasteiger charge is 2.27. The summed E-state index contributed by atoms with van der Waals surface area (Å²) >= 11 is 0. The fraction of sp³-hybridized carbons (Fsp3) is 0.370. The predicted octanol–water partition coefficient (Wildman–Crippen LogP) is 3.27. The van der Waals surface area contributed by atoms with Gasteiger partial charge < -0.3 is 19.2 Å². The van der Waals surface area contributed by atoms with Crippen molar-refractivity contribution in [3.8, 4) is 11.5 Å². The van der Waals surface area contributed by atoms with Gasteiger partial charge in [-0.05, 0) is 71.5 Å². The van der Waals surface area contributed by atoms with Crippen LogP contribution in [0.15, 0.2) is 47.3 Å². The SMILES string of the molecule is CCOC(=O)Cn1nnnc1[C@@H](CC)N(Cc1ccc2c(c1)OCO2)Cc1cc2ccc(C)cc2[nH]c1=O.